The van der Waals surface area contributed by atoms with Crippen molar-refractivity contribution in [2.75, 3.05) is 26.7 Å². The van der Waals surface area contributed by atoms with E-state index < -0.39 is 24.5 Å². The average Bonchev–Trinajstić information content (AvgIpc) is 2.45. The van der Waals surface area contributed by atoms with Crippen molar-refractivity contribution in [1.29, 1.82) is 0 Å². The first kappa shape index (κ1) is 15.6. The van der Waals surface area contributed by atoms with Crippen molar-refractivity contribution in [1.82, 2.24) is 10.2 Å². The molecule has 0 aromatic heterocycles. The van der Waals surface area contributed by atoms with E-state index in [0.29, 0.717) is 24.4 Å². The highest BCUT2D eigenvalue weighted by atomic mass is 19.4. The van der Waals surface area contributed by atoms with Gasteiger partial charge in [0.15, 0.2) is 0 Å². The zero-order valence-electron chi connectivity index (χ0n) is 11.6. The van der Waals surface area contributed by atoms with Crippen molar-refractivity contribution in [2.24, 2.45) is 0 Å². The van der Waals surface area contributed by atoms with Crippen LogP contribution in [-0.4, -0.2) is 43.7 Å². The number of benzene rings is 1. The molecule has 1 aliphatic rings. The molecule has 1 fully saturated rings. The predicted octanol–water partition coefficient (Wildman–Crippen LogP) is 2.12. The van der Waals surface area contributed by atoms with E-state index in [9.17, 15) is 18.0 Å². The Bertz CT molecular complexity index is 505. The largest absolute Gasteiger partial charge is 0.496 e. The molecule has 2 rings (SSSR count). The maximum atomic E-state index is 12.4. The number of rotatable bonds is 3. The minimum atomic E-state index is -4.49. The number of piperazine rings is 1. The fourth-order valence-corrected chi connectivity index (χ4v) is 2.50. The van der Waals surface area contributed by atoms with Gasteiger partial charge in [-0.1, -0.05) is 18.2 Å². The molecule has 1 unspecified atom stereocenters. The maximum Gasteiger partial charge on any atom is 0.397 e. The summed E-state index contributed by atoms with van der Waals surface area (Å²) in [6.45, 7) is 1.14. The monoisotopic (exact) mass is 302 g/mol. The van der Waals surface area contributed by atoms with Gasteiger partial charge >= 0.3 is 6.18 Å². The van der Waals surface area contributed by atoms with E-state index in [1.807, 2.05) is 0 Å². The third kappa shape index (κ3) is 3.87. The Balaban J connectivity index is 2.25. The highest BCUT2D eigenvalue weighted by Crippen LogP contribution is 2.32. The van der Waals surface area contributed by atoms with E-state index in [4.69, 9.17) is 4.74 Å². The van der Waals surface area contributed by atoms with Gasteiger partial charge in [0, 0.05) is 25.2 Å². The lowest BCUT2D eigenvalue weighted by Gasteiger charge is -2.37. The van der Waals surface area contributed by atoms with Gasteiger partial charge in [0.05, 0.1) is 13.2 Å². The third-order valence-electron chi connectivity index (χ3n) is 3.41. The highest BCUT2D eigenvalue weighted by Gasteiger charge is 2.37. The van der Waals surface area contributed by atoms with Crippen LogP contribution in [0.4, 0.5) is 13.2 Å². The summed E-state index contributed by atoms with van der Waals surface area (Å²) >= 11 is 0. The lowest BCUT2D eigenvalue weighted by atomic mass is 10.0. The second kappa shape index (κ2) is 6.34. The van der Waals surface area contributed by atoms with Gasteiger partial charge in [-0.3, -0.25) is 4.79 Å². The van der Waals surface area contributed by atoms with Crippen LogP contribution in [0.25, 0.3) is 0 Å². The number of amides is 1. The molecule has 0 radical (unpaired) electrons. The summed E-state index contributed by atoms with van der Waals surface area (Å²) in [4.78, 5) is 13.2. The average molecular weight is 302 g/mol. The van der Waals surface area contributed by atoms with Crippen LogP contribution in [0.5, 0.6) is 5.75 Å². The molecule has 0 spiro atoms. The van der Waals surface area contributed by atoms with Crippen molar-refractivity contribution in [3.05, 3.63) is 29.8 Å². The fourth-order valence-electron chi connectivity index (χ4n) is 2.50. The molecule has 1 aromatic carbocycles. The van der Waals surface area contributed by atoms with Crippen LogP contribution < -0.4 is 10.1 Å². The van der Waals surface area contributed by atoms with E-state index in [0.717, 1.165) is 0 Å². The smallest absolute Gasteiger partial charge is 0.397 e. The number of alkyl halides is 3. The van der Waals surface area contributed by atoms with Crippen LogP contribution in [0.1, 0.15) is 18.0 Å². The van der Waals surface area contributed by atoms with Gasteiger partial charge in [-0.05, 0) is 6.07 Å². The first-order valence-corrected chi connectivity index (χ1v) is 6.62. The van der Waals surface area contributed by atoms with Crippen molar-refractivity contribution >= 4 is 5.91 Å². The Hall–Kier alpha value is -1.76. The maximum absolute atomic E-state index is 12.4. The molecule has 21 heavy (non-hydrogen) atoms. The molecule has 0 saturated carbocycles. The van der Waals surface area contributed by atoms with Gasteiger partial charge in [-0.2, -0.15) is 13.2 Å². The molecule has 1 N–H and O–H groups in total. The lowest BCUT2D eigenvalue weighted by molar-refractivity contribution is -0.163. The molecule has 1 aromatic rings. The van der Waals surface area contributed by atoms with Crippen LogP contribution in [0.3, 0.4) is 0 Å². The predicted molar refractivity (Wildman–Crippen MR) is 71.0 cm³/mol. The van der Waals surface area contributed by atoms with Crippen LogP contribution >= 0.6 is 0 Å². The number of nitrogens with zero attached hydrogens (tertiary/aromatic N) is 1. The minimum Gasteiger partial charge on any atom is -0.496 e. The van der Waals surface area contributed by atoms with Crippen molar-refractivity contribution in [3.8, 4) is 5.75 Å². The summed E-state index contributed by atoms with van der Waals surface area (Å²) in [6.07, 6.45) is -5.92. The minimum absolute atomic E-state index is 0.248. The molecule has 1 heterocycles. The molecule has 116 valence electrons. The Labute approximate surface area is 120 Å². The topological polar surface area (TPSA) is 41.6 Å². The van der Waals surface area contributed by atoms with Gasteiger partial charge in [-0.15, -0.1) is 0 Å². The zero-order valence-corrected chi connectivity index (χ0v) is 11.6. The van der Waals surface area contributed by atoms with E-state index in [2.05, 4.69) is 5.32 Å². The van der Waals surface area contributed by atoms with Crippen LogP contribution in [-0.2, 0) is 4.79 Å². The number of methoxy groups -OCH3 is 1. The Morgan fingerprint density at radius 1 is 1.43 bits per heavy atom. The summed E-state index contributed by atoms with van der Waals surface area (Å²) in [5.74, 6) is -0.337. The molecular weight excluding hydrogens is 285 g/mol. The Morgan fingerprint density at radius 2 is 2.14 bits per heavy atom. The molecule has 0 aliphatic carbocycles. The van der Waals surface area contributed by atoms with Crippen LogP contribution in [0.15, 0.2) is 24.3 Å². The summed E-state index contributed by atoms with van der Waals surface area (Å²) < 4.78 is 42.6. The third-order valence-corrected chi connectivity index (χ3v) is 3.41. The Kier molecular flexibility index (Phi) is 4.72. The van der Waals surface area contributed by atoms with E-state index >= 15 is 0 Å². The van der Waals surface area contributed by atoms with Crippen molar-refractivity contribution in [2.45, 2.75) is 18.6 Å². The van der Waals surface area contributed by atoms with E-state index in [1.165, 1.54) is 12.0 Å². The first-order chi connectivity index (χ1) is 9.92. The first-order valence-electron chi connectivity index (χ1n) is 6.62. The van der Waals surface area contributed by atoms with Gasteiger partial charge in [0.25, 0.3) is 0 Å². The number of hydrogen-bond donors (Lipinski definition) is 1. The number of ether oxygens (including phenoxy) is 1. The van der Waals surface area contributed by atoms with Gasteiger partial charge in [0.1, 0.15) is 12.2 Å². The quantitative estimate of drug-likeness (QED) is 0.930. The molecular formula is C14H17F3N2O2. The fraction of sp³-hybridized carbons (Fsp3) is 0.500. The van der Waals surface area contributed by atoms with Crippen molar-refractivity contribution in [3.63, 3.8) is 0 Å². The molecule has 7 heteroatoms. The molecule has 1 saturated heterocycles. The molecule has 1 atom stereocenters. The summed E-state index contributed by atoms with van der Waals surface area (Å²) in [5, 5.41) is 3.10. The zero-order chi connectivity index (χ0) is 15.5. The summed E-state index contributed by atoms with van der Waals surface area (Å²) in [6, 6.07) is 6.60. The van der Waals surface area contributed by atoms with Gasteiger partial charge < -0.3 is 15.0 Å². The second-order valence-electron chi connectivity index (χ2n) is 4.84. The Morgan fingerprint density at radius 3 is 2.81 bits per heavy atom. The number of para-hydroxylation sites is 1. The molecule has 4 nitrogen and oxygen atoms in total. The van der Waals surface area contributed by atoms with E-state index in [-0.39, 0.29) is 6.54 Å². The summed E-state index contributed by atoms with van der Waals surface area (Å²) in [5.41, 5.74) is 0.711. The number of halogens is 3. The highest BCUT2D eigenvalue weighted by molar-refractivity contribution is 5.77. The van der Waals surface area contributed by atoms with E-state index in [1.54, 1.807) is 24.3 Å². The number of carbonyl (C=O) groups excluding carboxylic acids is 1. The van der Waals surface area contributed by atoms with Crippen molar-refractivity contribution < 1.29 is 22.7 Å². The standard InChI is InChI=1S/C14H17F3N2O2/c1-21-12-5-3-2-4-10(12)11-9-18-6-7-19(11)13(20)8-14(15,16)17/h2-5,11,18H,6-9H2,1H3. The molecule has 1 aliphatic heterocycles. The molecule has 1 amide bonds. The second-order valence-corrected chi connectivity index (χ2v) is 4.84. The van der Waals surface area contributed by atoms with Crippen LogP contribution in [0, 0.1) is 0 Å². The number of carbonyl (C=O) groups is 1. The van der Waals surface area contributed by atoms with Crippen LogP contribution in [0.2, 0.25) is 0 Å². The SMILES string of the molecule is COc1ccccc1C1CNCCN1C(=O)CC(F)(F)F. The van der Waals surface area contributed by atoms with Gasteiger partial charge in [-0.25, -0.2) is 0 Å². The summed E-state index contributed by atoms with van der Waals surface area (Å²) in [7, 11) is 1.50. The normalized spacial score (nSPS) is 19.4. The van der Waals surface area contributed by atoms with Gasteiger partial charge in [0.2, 0.25) is 5.91 Å². The lowest BCUT2D eigenvalue weighted by Crippen LogP contribution is -2.49. The number of hydrogen-bond acceptors (Lipinski definition) is 3. The number of nitrogens with one attached hydrogen (secondary N) is 1. The molecule has 0 bridgehead atoms.